The van der Waals surface area contributed by atoms with E-state index < -0.39 is 5.97 Å². The molecule has 0 aromatic carbocycles. The van der Waals surface area contributed by atoms with Gasteiger partial charge in [0.1, 0.15) is 0 Å². The van der Waals surface area contributed by atoms with Crippen LogP contribution in [0.4, 0.5) is 0 Å². The van der Waals surface area contributed by atoms with E-state index in [4.69, 9.17) is 5.11 Å². The number of hydrogen-bond donors (Lipinski definition) is 1. The molecule has 0 unspecified atom stereocenters. The molecule has 0 spiro atoms. The van der Waals surface area contributed by atoms with Gasteiger partial charge in [-0.05, 0) is 55.8 Å². The lowest BCUT2D eigenvalue weighted by molar-refractivity contribution is 0.0688. The Morgan fingerprint density at radius 1 is 1.50 bits per heavy atom. The number of aryl methyl sites for hydroxylation is 1. The van der Waals surface area contributed by atoms with Crippen LogP contribution in [0, 0.1) is 0 Å². The molecule has 100 valence electrons. The maximum Gasteiger partial charge on any atom is 0.357 e. The van der Waals surface area contributed by atoms with Crippen molar-refractivity contribution in [2.45, 2.75) is 32.2 Å². The van der Waals surface area contributed by atoms with Crippen molar-refractivity contribution in [3.8, 4) is 0 Å². The highest BCUT2D eigenvalue weighted by atomic mass is 79.9. The summed E-state index contributed by atoms with van der Waals surface area (Å²) < 4.78 is 2.48. The lowest BCUT2D eigenvalue weighted by Gasteiger charge is -2.29. The smallest absolute Gasteiger partial charge is 0.357 e. The quantitative estimate of drug-likeness (QED) is 0.928. The lowest BCUT2D eigenvalue weighted by atomic mass is 9.93. The second-order valence-electron chi connectivity index (χ2n) is 4.75. The summed E-state index contributed by atoms with van der Waals surface area (Å²) in [6.45, 7) is 4.79. The van der Waals surface area contributed by atoms with E-state index in [1.54, 1.807) is 0 Å². The Labute approximate surface area is 115 Å². The third-order valence-electron chi connectivity index (χ3n) is 3.54. The largest absolute Gasteiger partial charge is 0.476 e. The number of nitrogens with zero attached hydrogens (tertiary/aromatic N) is 3. The highest BCUT2D eigenvalue weighted by molar-refractivity contribution is 9.10. The number of carboxylic acid groups (broad SMARTS) is 1. The van der Waals surface area contributed by atoms with Crippen molar-refractivity contribution in [3.63, 3.8) is 0 Å². The standard InChI is InChI=1S/C12H18BrN3O2/c1-3-16-11(8-4-6-15(2)7-5-8)9(13)10(14-16)12(17)18/h8H,3-7H2,1-2H3,(H,17,18). The van der Waals surface area contributed by atoms with Crippen LogP contribution >= 0.6 is 15.9 Å². The van der Waals surface area contributed by atoms with Crippen molar-refractivity contribution in [1.29, 1.82) is 0 Å². The summed E-state index contributed by atoms with van der Waals surface area (Å²) in [7, 11) is 2.12. The van der Waals surface area contributed by atoms with Gasteiger partial charge < -0.3 is 10.0 Å². The molecule has 0 saturated carbocycles. The van der Waals surface area contributed by atoms with Crippen molar-refractivity contribution in [2.24, 2.45) is 0 Å². The molecule has 0 bridgehead atoms. The highest BCUT2D eigenvalue weighted by Crippen LogP contribution is 2.34. The SMILES string of the molecule is CCn1nc(C(=O)O)c(Br)c1C1CCN(C)CC1. The predicted octanol–water partition coefficient (Wildman–Crippen LogP) is 2.17. The van der Waals surface area contributed by atoms with Gasteiger partial charge >= 0.3 is 5.97 Å². The first-order chi connectivity index (χ1) is 8.54. The van der Waals surface area contributed by atoms with E-state index in [9.17, 15) is 4.79 Å². The molecule has 18 heavy (non-hydrogen) atoms. The molecule has 1 aromatic heterocycles. The van der Waals surface area contributed by atoms with Crippen LogP contribution in [0.5, 0.6) is 0 Å². The molecular formula is C12H18BrN3O2. The van der Waals surface area contributed by atoms with Crippen molar-refractivity contribution >= 4 is 21.9 Å². The summed E-state index contributed by atoms with van der Waals surface area (Å²) in [6.07, 6.45) is 2.11. The number of rotatable bonds is 3. The summed E-state index contributed by atoms with van der Waals surface area (Å²) in [6, 6.07) is 0. The highest BCUT2D eigenvalue weighted by Gasteiger charge is 2.28. The zero-order chi connectivity index (χ0) is 13.3. The van der Waals surface area contributed by atoms with Gasteiger partial charge in [-0.2, -0.15) is 5.10 Å². The normalized spacial score (nSPS) is 18.2. The molecule has 1 saturated heterocycles. The zero-order valence-corrected chi connectivity index (χ0v) is 12.3. The number of carbonyl (C=O) groups is 1. The van der Waals surface area contributed by atoms with Gasteiger partial charge in [-0.25, -0.2) is 4.79 Å². The molecule has 1 aromatic rings. The Bertz CT molecular complexity index is 450. The number of likely N-dealkylation sites (tertiary alicyclic amines) is 1. The molecule has 0 aliphatic carbocycles. The van der Waals surface area contributed by atoms with Gasteiger partial charge in [0.25, 0.3) is 0 Å². The molecule has 0 atom stereocenters. The van der Waals surface area contributed by atoms with Crippen LogP contribution in [0.25, 0.3) is 0 Å². The molecule has 2 heterocycles. The number of carboxylic acids is 1. The molecule has 1 N–H and O–H groups in total. The first-order valence-corrected chi connectivity index (χ1v) is 7.02. The van der Waals surface area contributed by atoms with Gasteiger partial charge in [0, 0.05) is 12.5 Å². The van der Waals surface area contributed by atoms with E-state index in [-0.39, 0.29) is 5.69 Å². The number of piperidine rings is 1. The fourth-order valence-electron chi connectivity index (χ4n) is 2.50. The van der Waals surface area contributed by atoms with Crippen molar-refractivity contribution < 1.29 is 9.90 Å². The number of hydrogen-bond acceptors (Lipinski definition) is 3. The zero-order valence-electron chi connectivity index (χ0n) is 10.7. The molecule has 1 fully saturated rings. The lowest BCUT2D eigenvalue weighted by Crippen LogP contribution is -2.30. The van der Waals surface area contributed by atoms with Gasteiger partial charge in [0.05, 0.1) is 10.2 Å². The van der Waals surface area contributed by atoms with Gasteiger partial charge in [-0.15, -0.1) is 0 Å². The predicted molar refractivity (Wildman–Crippen MR) is 72.0 cm³/mol. The Balaban J connectivity index is 2.34. The van der Waals surface area contributed by atoms with E-state index in [2.05, 4.69) is 33.0 Å². The fourth-order valence-corrected chi connectivity index (χ4v) is 3.28. The van der Waals surface area contributed by atoms with E-state index in [0.29, 0.717) is 16.9 Å². The average Bonchev–Trinajstić information content (AvgIpc) is 2.67. The summed E-state index contributed by atoms with van der Waals surface area (Å²) in [4.78, 5) is 13.4. The minimum absolute atomic E-state index is 0.130. The van der Waals surface area contributed by atoms with Crippen molar-refractivity contribution in [1.82, 2.24) is 14.7 Å². The summed E-state index contributed by atoms with van der Waals surface area (Å²) >= 11 is 3.42. The maximum atomic E-state index is 11.1. The number of halogens is 1. The van der Waals surface area contributed by atoms with E-state index in [1.807, 2.05) is 11.6 Å². The molecule has 1 aliphatic rings. The topological polar surface area (TPSA) is 58.4 Å². The first kappa shape index (κ1) is 13.5. The van der Waals surface area contributed by atoms with Crippen molar-refractivity contribution in [2.75, 3.05) is 20.1 Å². The van der Waals surface area contributed by atoms with E-state index >= 15 is 0 Å². The first-order valence-electron chi connectivity index (χ1n) is 6.22. The van der Waals surface area contributed by atoms with Gasteiger partial charge in [-0.3, -0.25) is 4.68 Å². The summed E-state index contributed by atoms with van der Waals surface area (Å²) in [5.74, 6) is -0.570. The molecule has 6 heteroatoms. The Kier molecular flexibility index (Phi) is 4.07. The van der Waals surface area contributed by atoms with E-state index in [0.717, 1.165) is 31.6 Å². The number of aromatic carboxylic acids is 1. The molecule has 0 amide bonds. The maximum absolute atomic E-state index is 11.1. The average molecular weight is 316 g/mol. The second-order valence-corrected chi connectivity index (χ2v) is 5.54. The third-order valence-corrected chi connectivity index (χ3v) is 4.32. The monoisotopic (exact) mass is 315 g/mol. The molecule has 2 rings (SSSR count). The second kappa shape index (κ2) is 5.40. The molecular weight excluding hydrogens is 298 g/mol. The van der Waals surface area contributed by atoms with Crippen molar-refractivity contribution in [3.05, 3.63) is 15.9 Å². The van der Waals surface area contributed by atoms with Crippen LogP contribution in [0.3, 0.4) is 0 Å². The van der Waals surface area contributed by atoms with Gasteiger partial charge in [0.2, 0.25) is 0 Å². The number of aromatic nitrogens is 2. The minimum Gasteiger partial charge on any atom is -0.476 e. The Hall–Kier alpha value is -0.880. The van der Waals surface area contributed by atoms with Crippen LogP contribution < -0.4 is 0 Å². The fraction of sp³-hybridized carbons (Fsp3) is 0.667. The van der Waals surface area contributed by atoms with Crippen LogP contribution in [0.15, 0.2) is 4.47 Å². The molecule has 0 radical (unpaired) electrons. The van der Waals surface area contributed by atoms with E-state index in [1.165, 1.54) is 0 Å². The molecule has 5 nitrogen and oxygen atoms in total. The third kappa shape index (κ3) is 2.44. The molecule has 1 aliphatic heterocycles. The Morgan fingerprint density at radius 2 is 2.11 bits per heavy atom. The van der Waals surface area contributed by atoms with Gasteiger partial charge in [-0.1, -0.05) is 0 Å². The minimum atomic E-state index is -0.969. The Morgan fingerprint density at radius 3 is 2.61 bits per heavy atom. The van der Waals surface area contributed by atoms with Crippen LogP contribution in [0.2, 0.25) is 0 Å². The van der Waals surface area contributed by atoms with Crippen LogP contribution in [0.1, 0.15) is 41.9 Å². The summed E-state index contributed by atoms with van der Waals surface area (Å²) in [5, 5.41) is 13.3. The summed E-state index contributed by atoms with van der Waals surface area (Å²) in [5.41, 5.74) is 1.17. The van der Waals surface area contributed by atoms with Gasteiger partial charge in [0.15, 0.2) is 5.69 Å². The van der Waals surface area contributed by atoms with Crippen LogP contribution in [-0.2, 0) is 6.54 Å². The van der Waals surface area contributed by atoms with Crippen LogP contribution in [-0.4, -0.2) is 45.9 Å².